The Morgan fingerprint density at radius 1 is 1.00 bits per heavy atom. The number of anilines is 1. The van der Waals surface area contributed by atoms with Crippen LogP contribution in [-0.2, 0) is 16.4 Å². The normalized spacial score (nSPS) is 11.2. The zero-order valence-corrected chi connectivity index (χ0v) is 18.9. The molecule has 0 saturated heterocycles. The van der Waals surface area contributed by atoms with Gasteiger partial charge in [0.2, 0.25) is 0 Å². The van der Waals surface area contributed by atoms with Gasteiger partial charge in [-0.2, -0.15) is 0 Å². The summed E-state index contributed by atoms with van der Waals surface area (Å²) in [4.78, 5) is 12.6. The van der Waals surface area contributed by atoms with Crippen LogP contribution in [0.5, 0.6) is 5.75 Å². The summed E-state index contributed by atoms with van der Waals surface area (Å²) < 4.78 is 34.3. The average Bonchev–Trinajstić information content (AvgIpc) is 3.29. The molecule has 1 heterocycles. The lowest BCUT2D eigenvalue weighted by atomic mass is 10.1. The number of nitrogens with zero attached hydrogens (tertiary/aromatic N) is 1. The Labute approximate surface area is 191 Å². The van der Waals surface area contributed by atoms with Gasteiger partial charge in [0, 0.05) is 23.6 Å². The number of rotatable bonds is 7. The number of aryl methyl sites for hydroxylation is 1. The molecule has 0 fully saturated rings. The third kappa shape index (κ3) is 5.48. The highest BCUT2D eigenvalue weighted by atomic mass is 32.2. The Morgan fingerprint density at radius 3 is 2.36 bits per heavy atom. The number of amides is 1. The number of benzene rings is 3. The van der Waals surface area contributed by atoms with Crippen LogP contribution in [0.1, 0.15) is 21.6 Å². The van der Waals surface area contributed by atoms with Crippen LogP contribution >= 0.6 is 0 Å². The summed E-state index contributed by atoms with van der Waals surface area (Å²) in [5, 5.41) is 6.51. The second kappa shape index (κ2) is 9.30. The molecule has 168 valence electrons. The van der Waals surface area contributed by atoms with Crippen molar-refractivity contribution < 1.29 is 22.5 Å². The summed E-state index contributed by atoms with van der Waals surface area (Å²) in [5.74, 6) is 0.699. The van der Waals surface area contributed by atoms with Crippen molar-refractivity contribution in [1.29, 1.82) is 0 Å². The molecular weight excluding hydrogens is 440 g/mol. The van der Waals surface area contributed by atoms with Crippen LogP contribution in [0.3, 0.4) is 0 Å². The van der Waals surface area contributed by atoms with E-state index in [0.717, 1.165) is 23.1 Å². The van der Waals surface area contributed by atoms with Gasteiger partial charge in [0.25, 0.3) is 5.91 Å². The Balaban J connectivity index is 1.39. The second-order valence-corrected chi connectivity index (χ2v) is 9.58. The molecule has 0 aliphatic carbocycles. The quantitative estimate of drug-likeness (QED) is 0.420. The third-order valence-corrected chi connectivity index (χ3v) is 6.21. The standard InChI is InChI=1S/C25H22N2O5S/c1-17-5-3-4-6-19(17)16-31-21-11-7-18(8-12-21)24-15-23(27-32-24)25(28)26-20-9-13-22(14-10-20)33(2,29)30/h3-15H,16H2,1-2H3,(H,26,28). The van der Waals surface area contributed by atoms with Crippen LogP contribution < -0.4 is 10.1 Å². The van der Waals surface area contributed by atoms with Gasteiger partial charge in [0.05, 0.1) is 4.90 Å². The van der Waals surface area contributed by atoms with Gasteiger partial charge in [0.1, 0.15) is 12.4 Å². The topological polar surface area (TPSA) is 98.5 Å². The molecule has 0 spiro atoms. The van der Waals surface area contributed by atoms with Gasteiger partial charge in [-0.05, 0) is 66.6 Å². The maximum Gasteiger partial charge on any atom is 0.277 e. The lowest BCUT2D eigenvalue weighted by molar-refractivity contribution is 0.101. The minimum absolute atomic E-state index is 0.108. The van der Waals surface area contributed by atoms with Gasteiger partial charge >= 0.3 is 0 Å². The summed E-state index contributed by atoms with van der Waals surface area (Å²) in [6, 6.07) is 22.8. The van der Waals surface area contributed by atoms with E-state index in [9.17, 15) is 13.2 Å². The molecule has 4 rings (SSSR count). The number of ether oxygens (including phenoxy) is 1. The summed E-state index contributed by atoms with van der Waals surface area (Å²) in [6.45, 7) is 2.52. The van der Waals surface area contributed by atoms with Crippen LogP contribution in [0.2, 0.25) is 0 Å². The Bertz CT molecular complexity index is 1380. The molecule has 0 aliphatic heterocycles. The summed E-state index contributed by atoms with van der Waals surface area (Å²) in [5.41, 5.74) is 3.61. The number of nitrogens with one attached hydrogen (secondary N) is 1. The van der Waals surface area contributed by atoms with E-state index in [0.29, 0.717) is 18.1 Å². The van der Waals surface area contributed by atoms with Gasteiger partial charge in [-0.15, -0.1) is 0 Å². The van der Waals surface area contributed by atoms with Crippen LogP contribution in [-0.4, -0.2) is 25.7 Å². The van der Waals surface area contributed by atoms with E-state index in [4.69, 9.17) is 9.26 Å². The van der Waals surface area contributed by atoms with E-state index < -0.39 is 15.7 Å². The molecule has 8 heteroatoms. The second-order valence-electron chi connectivity index (χ2n) is 7.57. The SMILES string of the molecule is Cc1ccccc1COc1ccc(-c2cc(C(=O)Nc3ccc(S(C)(=O)=O)cc3)no2)cc1. The molecule has 0 unspecified atom stereocenters. The van der Waals surface area contributed by atoms with Gasteiger partial charge in [-0.25, -0.2) is 8.42 Å². The minimum atomic E-state index is -3.30. The zero-order chi connectivity index (χ0) is 23.4. The molecule has 1 N–H and O–H groups in total. The summed E-state index contributed by atoms with van der Waals surface area (Å²) in [7, 11) is -3.30. The molecule has 1 amide bonds. The zero-order valence-electron chi connectivity index (χ0n) is 18.1. The maximum atomic E-state index is 12.5. The highest BCUT2D eigenvalue weighted by molar-refractivity contribution is 7.90. The van der Waals surface area contributed by atoms with Gasteiger partial charge in [-0.3, -0.25) is 4.79 Å². The average molecular weight is 463 g/mol. The fourth-order valence-corrected chi connectivity index (χ4v) is 3.78. The first-order valence-electron chi connectivity index (χ1n) is 10.2. The van der Waals surface area contributed by atoms with Crippen molar-refractivity contribution in [3.05, 3.63) is 95.7 Å². The van der Waals surface area contributed by atoms with E-state index in [2.05, 4.69) is 10.5 Å². The molecule has 33 heavy (non-hydrogen) atoms. The first-order valence-corrected chi connectivity index (χ1v) is 12.0. The van der Waals surface area contributed by atoms with Crippen molar-refractivity contribution in [2.75, 3.05) is 11.6 Å². The van der Waals surface area contributed by atoms with E-state index in [1.807, 2.05) is 55.5 Å². The summed E-state index contributed by atoms with van der Waals surface area (Å²) in [6.07, 6.45) is 1.13. The number of carbonyl (C=O) groups is 1. The molecule has 0 saturated carbocycles. The molecule has 0 radical (unpaired) electrons. The van der Waals surface area contributed by atoms with Crippen LogP contribution in [0.25, 0.3) is 11.3 Å². The minimum Gasteiger partial charge on any atom is -0.489 e. The van der Waals surface area contributed by atoms with Gasteiger partial charge in [-0.1, -0.05) is 29.4 Å². The van der Waals surface area contributed by atoms with Crippen molar-refractivity contribution in [2.45, 2.75) is 18.4 Å². The molecule has 3 aromatic carbocycles. The Morgan fingerprint density at radius 2 is 1.70 bits per heavy atom. The Kier molecular flexibility index (Phi) is 6.28. The van der Waals surface area contributed by atoms with Crippen molar-refractivity contribution in [3.63, 3.8) is 0 Å². The van der Waals surface area contributed by atoms with Crippen molar-refractivity contribution in [1.82, 2.24) is 5.16 Å². The molecule has 0 aliphatic rings. The predicted octanol–water partition coefficient (Wildman–Crippen LogP) is 4.88. The number of sulfone groups is 1. The first-order chi connectivity index (χ1) is 15.8. The van der Waals surface area contributed by atoms with Crippen molar-refractivity contribution in [2.24, 2.45) is 0 Å². The first kappa shape index (κ1) is 22.3. The lowest BCUT2D eigenvalue weighted by Crippen LogP contribution is -2.12. The van der Waals surface area contributed by atoms with Gasteiger partial charge in [0.15, 0.2) is 21.3 Å². The Hall–Kier alpha value is -3.91. The predicted molar refractivity (Wildman–Crippen MR) is 125 cm³/mol. The monoisotopic (exact) mass is 462 g/mol. The van der Waals surface area contributed by atoms with Crippen LogP contribution in [0, 0.1) is 6.92 Å². The van der Waals surface area contributed by atoms with Gasteiger partial charge < -0.3 is 14.6 Å². The van der Waals surface area contributed by atoms with Crippen LogP contribution in [0.4, 0.5) is 5.69 Å². The fraction of sp³-hybridized carbons (Fsp3) is 0.120. The van der Waals surface area contributed by atoms with E-state index >= 15 is 0 Å². The number of carbonyl (C=O) groups excluding carboxylic acids is 1. The molecule has 0 atom stereocenters. The third-order valence-electron chi connectivity index (χ3n) is 5.08. The number of aromatic nitrogens is 1. The smallest absolute Gasteiger partial charge is 0.277 e. The molecule has 0 bridgehead atoms. The fourth-order valence-electron chi connectivity index (χ4n) is 3.15. The molecular formula is C25H22N2O5S. The maximum absolute atomic E-state index is 12.5. The lowest BCUT2D eigenvalue weighted by Gasteiger charge is -2.08. The van der Waals surface area contributed by atoms with Crippen molar-refractivity contribution in [3.8, 4) is 17.1 Å². The molecule has 7 nitrogen and oxygen atoms in total. The highest BCUT2D eigenvalue weighted by Crippen LogP contribution is 2.24. The summed E-state index contributed by atoms with van der Waals surface area (Å²) >= 11 is 0. The van der Waals surface area contributed by atoms with Crippen molar-refractivity contribution >= 4 is 21.4 Å². The largest absolute Gasteiger partial charge is 0.489 e. The molecule has 1 aromatic heterocycles. The van der Waals surface area contributed by atoms with E-state index in [1.165, 1.54) is 29.8 Å². The number of hydrogen-bond acceptors (Lipinski definition) is 6. The van der Waals surface area contributed by atoms with E-state index in [-0.39, 0.29) is 10.6 Å². The molecule has 4 aromatic rings. The van der Waals surface area contributed by atoms with E-state index in [1.54, 1.807) is 6.07 Å². The van der Waals surface area contributed by atoms with Crippen LogP contribution in [0.15, 0.2) is 88.3 Å². The number of hydrogen-bond donors (Lipinski definition) is 1. The highest BCUT2D eigenvalue weighted by Gasteiger charge is 2.15.